The smallest absolute Gasteiger partial charge is 0.277 e. The Morgan fingerprint density at radius 3 is 2.33 bits per heavy atom. The molecule has 0 aromatic carbocycles. The van der Waals surface area contributed by atoms with E-state index >= 15 is 0 Å². The summed E-state index contributed by atoms with van der Waals surface area (Å²) >= 11 is 0. The molecule has 18 heavy (non-hydrogen) atoms. The number of carbonyl (C=O) groups excluding carboxylic acids is 3. The Morgan fingerprint density at radius 1 is 1.17 bits per heavy atom. The van der Waals surface area contributed by atoms with Gasteiger partial charge in [-0.15, -0.1) is 0 Å². The molecule has 0 spiro atoms. The van der Waals surface area contributed by atoms with Gasteiger partial charge < -0.3 is 0 Å². The number of urea groups is 1. The molecule has 1 aromatic rings. The topological polar surface area (TPSA) is 88.2 Å². The van der Waals surface area contributed by atoms with Crippen LogP contribution in [0.1, 0.15) is 18.3 Å². The van der Waals surface area contributed by atoms with E-state index in [1.807, 2.05) is 19.1 Å². The number of hydrogen-bond acceptors (Lipinski definition) is 4. The maximum Gasteiger partial charge on any atom is 0.328 e. The van der Waals surface area contributed by atoms with E-state index in [-0.39, 0.29) is 6.42 Å². The zero-order valence-corrected chi connectivity index (χ0v) is 10.1. The average molecular weight is 247 g/mol. The minimum absolute atomic E-state index is 0.152. The number of barbiturate groups is 1. The number of nitrogens with zero attached hydrogens (tertiary/aromatic N) is 1. The first-order valence-electron chi connectivity index (χ1n) is 5.51. The van der Waals surface area contributed by atoms with Crippen LogP contribution in [-0.2, 0) is 16.0 Å². The normalized spacial score (nSPS) is 18.2. The van der Waals surface area contributed by atoms with Gasteiger partial charge in [0.05, 0.1) is 0 Å². The van der Waals surface area contributed by atoms with E-state index in [9.17, 15) is 14.4 Å². The van der Waals surface area contributed by atoms with Crippen molar-refractivity contribution in [1.82, 2.24) is 15.6 Å². The molecule has 1 aliphatic heterocycles. The first-order chi connectivity index (χ1) is 8.41. The van der Waals surface area contributed by atoms with E-state index in [4.69, 9.17) is 0 Å². The Kier molecular flexibility index (Phi) is 2.86. The van der Waals surface area contributed by atoms with Crippen LogP contribution in [0.15, 0.2) is 18.2 Å². The number of nitrogens with one attached hydrogen (secondary N) is 2. The Hall–Kier alpha value is -2.24. The van der Waals surface area contributed by atoms with Crippen molar-refractivity contribution in [1.29, 1.82) is 0 Å². The summed E-state index contributed by atoms with van der Waals surface area (Å²) < 4.78 is 0. The summed E-state index contributed by atoms with van der Waals surface area (Å²) in [5.74, 6) is -1.20. The van der Waals surface area contributed by atoms with E-state index in [0.717, 1.165) is 5.69 Å². The maximum absolute atomic E-state index is 11.8. The lowest BCUT2D eigenvalue weighted by molar-refractivity contribution is -0.143. The number of carbonyl (C=O) groups is 3. The summed E-state index contributed by atoms with van der Waals surface area (Å²) in [6, 6.07) is 4.61. The molecule has 94 valence electrons. The number of pyridine rings is 1. The Labute approximate surface area is 104 Å². The van der Waals surface area contributed by atoms with Crippen LogP contribution < -0.4 is 10.6 Å². The van der Waals surface area contributed by atoms with Crippen molar-refractivity contribution >= 4 is 17.8 Å². The Bertz CT molecular complexity index is 519. The van der Waals surface area contributed by atoms with Crippen LogP contribution in [0.3, 0.4) is 0 Å². The third-order valence-corrected chi connectivity index (χ3v) is 2.94. The highest BCUT2D eigenvalue weighted by Crippen LogP contribution is 2.24. The van der Waals surface area contributed by atoms with Crippen LogP contribution >= 0.6 is 0 Å². The third-order valence-electron chi connectivity index (χ3n) is 2.94. The van der Waals surface area contributed by atoms with Crippen molar-refractivity contribution in [3.8, 4) is 0 Å². The van der Waals surface area contributed by atoms with Gasteiger partial charge in [0, 0.05) is 17.8 Å². The van der Waals surface area contributed by atoms with Gasteiger partial charge in [-0.1, -0.05) is 6.07 Å². The van der Waals surface area contributed by atoms with E-state index in [1.54, 1.807) is 6.07 Å². The predicted molar refractivity (Wildman–Crippen MR) is 62.5 cm³/mol. The first-order valence-corrected chi connectivity index (χ1v) is 5.51. The Morgan fingerprint density at radius 2 is 1.78 bits per heavy atom. The molecular weight excluding hydrogens is 234 g/mol. The lowest BCUT2D eigenvalue weighted by Gasteiger charge is -2.30. The highest BCUT2D eigenvalue weighted by molar-refractivity contribution is 6.19. The fourth-order valence-corrected chi connectivity index (χ4v) is 1.84. The van der Waals surface area contributed by atoms with Crippen LogP contribution in [0, 0.1) is 12.3 Å². The number of imide groups is 2. The van der Waals surface area contributed by atoms with E-state index in [2.05, 4.69) is 15.6 Å². The minimum Gasteiger partial charge on any atom is -0.277 e. The summed E-state index contributed by atoms with van der Waals surface area (Å²) in [5, 5.41) is 4.20. The van der Waals surface area contributed by atoms with Crippen LogP contribution in [-0.4, -0.2) is 22.8 Å². The van der Waals surface area contributed by atoms with Gasteiger partial charge in [-0.25, -0.2) is 4.79 Å². The van der Waals surface area contributed by atoms with Crippen molar-refractivity contribution in [2.45, 2.75) is 20.3 Å². The van der Waals surface area contributed by atoms with Gasteiger partial charge >= 0.3 is 6.03 Å². The van der Waals surface area contributed by atoms with Crippen LogP contribution in [0.5, 0.6) is 0 Å². The number of rotatable bonds is 2. The molecule has 0 saturated carbocycles. The van der Waals surface area contributed by atoms with Crippen molar-refractivity contribution in [3.05, 3.63) is 29.6 Å². The van der Waals surface area contributed by atoms with Gasteiger partial charge in [0.25, 0.3) is 0 Å². The molecule has 2 N–H and O–H groups in total. The lowest BCUT2D eigenvalue weighted by Crippen LogP contribution is -2.62. The summed E-state index contributed by atoms with van der Waals surface area (Å²) in [6.07, 6.45) is 0.152. The molecule has 0 bridgehead atoms. The second-order valence-corrected chi connectivity index (χ2v) is 4.52. The quantitative estimate of drug-likeness (QED) is 0.736. The van der Waals surface area contributed by atoms with Crippen LogP contribution in [0.4, 0.5) is 4.79 Å². The van der Waals surface area contributed by atoms with E-state index in [1.165, 1.54) is 6.92 Å². The molecule has 1 aliphatic rings. The van der Waals surface area contributed by atoms with Gasteiger partial charge in [-0.05, 0) is 26.0 Å². The molecule has 1 fully saturated rings. The SMILES string of the molecule is Cc1cccc(CC2(C)C(=O)NC(=O)NC2=O)n1. The summed E-state index contributed by atoms with van der Waals surface area (Å²) in [7, 11) is 0. The van der Waals surface area contributed by atoms with Gasteiger partial charge in [-0.3, -0.25) is 25.2 Å². The fraction of sp³-hybridized carbons (Fsp3) is 0.333. The highest BCUT2D eigenvalue weighted by atomic mass is 16.2. The predicted octanol–water partition coefficient (Wildman–Crippen LogP) is 0.305. The molecule has 1 aromatic heterocycles. The molecule has 0 unspecified atom stereocenters. The van der Waals surface area contributed by atoms with Crippen LogP contribution in [0.2, 0.25) is 0 Å². The molecule has 0 aliphatic carbocycles. The first kappa shape index (κ1) is 12.2. The van der Waals surface area contributed by atoms with E-state index in [0.29, 0.717) is 5.69 Å². The van der Waals surface area contributed by atoms with Crippen molar-refractivity contribution in [3.63, 3.8) is 0 Å². The lowest BCUT2D eigenvalue weighted by atomic mass is 9.82. The number of amides is 4. The van der Waals surface area contributed by atoms with Gasteiger partial charge in [-0.2, -0.15) is 0 Å². The van der Waals surface area contributed by atoms with Crippen molar-refractivity contribution in [2.24, 2.45) is 5.41 Å². The number of aromatic nitrogens is 1. The standard InChI is InChI=1S/C12H13N3O3/c1-7-4-3-5-8(13-7)6-12(2)9(16)14-11(18)15-10(12)17/h3-5H,6H2,1-2H3,(H2,14,15,16,17,18). The second kappa shape index (κ2) is 4.21. The van der Waals surface area contributed by atoms with Gasteiger partial charge in [0.2, 0.25) is 11.8 Å². The summed E-state index contributed by atoms with van der Waals surface area (Å²) in [4.78, 5) is 38.9. The number of hydrogen-bond donors (Lipinski definition) is 2. The zero-order chi connectivity index (χ0) is 13.3. The molecule has 1 saturated heterocycles. The molecule has 2 heterocycles. The van der Waals surface area contributed by atoms with Crippen LogP contribution in [0.25, 0.3) is 0 Å². The molecule has 4 amide bonds. The minimum atomic E-state index is -1.31. The monoisotopic (exact) mass is 247 g/mol. The highest BCUT2D eigenvalue weighted by Gasteiger charge is 2.46. The third kappa shape index (κ3) is 2.09. The summed E-state index contributed by atoms with van der Waals surface area (Å²) in [5.41, 5.74) is 0.135. The second-order valence-electron chi connectivity index (χ2n) is 4.52. The van der Waals surface area contributed by atoms with E-state index < -0.39 is 23.3 Å². The molecule has 6 heteroatoms. The Balaban J connectivity index is 2.28. The largest absolute Gasteiger partial charge is 0.328 e. The molecule has 0 atom stereocenters. The van der Waals surface area contributed by atoms with Gasteiger partial charge in [0.15, 0.2) is 0 Å². The average Bonchev–Trinajstić information content (AvgIpc) is 2.26. The fourth-order valence-electron chi connectivity index (χ4n) is 1.84. The number of aryl methyl sites for hydroxylation is 1. The summed E-state index contributed by atoms with van der Waals surface area (Å²) in [6.45, 7) is 3.32. The zero-order valence-electron chi connectivity index (χ0n) is 10.1. The van der Waals surface area contributed by atoms with Crippen molar-refractivity contribution < 1.29 is 14.4 Å². The molecule has 2 rings (SSSR count). The van der Waals surface area contributed by atoms with Gasteiger partial charge in [0.1, 0.15) is 5.41 Å². The molecular formula is C12H13N3O3. The maximum atomic E-state index is 11.8. The van der Waals surface area contributed by atoms with Crippen molar-refractivity contribution in [2.75, 3.05) is 0 Å². The molecule has 0 radical (unpaired) electrons. The molecule has 6 nitrogen and oxygen atoms in total.